The Kier molecular flexibility index (Phi) is 5.79. The van der Waals surface area contributed by atoms with Crippen molar-refractivity contribution in [3.8, 4) is 11.1 Å². The minimum absolute atomic E-state index is 0.0791. The van der Waals surface area contributed by atoms with Gasteiger partial charge in [0.1, 0.15) is 12.1 Å². The van der Waals surface area contributed by atoms with Gasteiger partial charge in [-0.05, 0) is 36.6 Å². The number of hydrogen-bond donors (Lipinski definition) is 2. The number of likely N-dealkylation sites (tertiary alicyclic amines) is 1. The molecule has 0 radical (unpaired) electrons. The second kappa shape index (κ2) is 8.67. The molecule has 0 spiro atoms. The third-order valence-electron chi connectivity index (χ3n) is 5.86. The van der Waals surface area contributed by atoms with Crippen LogP contribution in [0.3, 0.4) is 0 Å². The molecule has 1 aliphatic rings. The molecule has 1 aliphatic heterocycles. The normalized spacial score (nSPS) is 14.6. The Balaban J connectivity index is 1.75. The van der Waals surface area contributed by atoms with Crippen molar-refractivity contribution in [3.05, 3.63) is 47.9 Å². The third kappa shape index (κ3) is 3.93. The molecule has 0 aliphatic carbocycles. The quantitative estimate of drug-likeness (QED) is 0.470. The molecule has 1 aromatic heterocycles. The largest absolute Gasteiger partial charge is 0.378 e. The summed E-state index contributed by atoms with van der Waals surface area (Å²) < 4.78 is 17.0. The number of rotatable bonds is 6. The fraction of sp³-hybridized carbons (Fsp3) is 0.304. The number of hydrogen-bond acceptors (Lipinski definition) is 5. The number of carbonyl (C=O) groups excluding carboxylic acids is 2. The SMILES string of the molecule is CC(=O)N1CCC(n2ncc3cc(F)c(-c4cccc(NCC=O)c4C=N)cc32)CC1. The Morgan fingerprint density at radius 3 is 2.74 bits per heavy atom. The summed E-state index contributed by atoms with van der Waals surface area (Å²) in [6.07, 6.45) is 5.16. The van der Waals surface area contributed by atoms with Gasteiger partial charge in [0.15, 0.2) is 0 Å². The van der Waals surface area contributed by atoms with Gasteiger partial charge in [0, 0.05) is 48.4 Å². The summed E-state index contributed by atoms with van der Waals surface area (Å²) in [7, 11) is 0. The van der Waals surface area contributed by atoms with Gasteiger partial charge in [0.2, 0.25) is 5.91 Å². The average molecular weight is 421 g/mol. The molecule has 0 saturated carbocycles. The highest BCUT2D eigenvalue weighted by molar-refractivity contribution is 5.97. The van der Waals surface area contributed by atoms with E-state index in [1.165, 1.54) is 12.3 Å². The Labute approximate surface area is 179 Å². The van der Waals surface area contributed by atoms with E-state index in [0.717, 1.165) is 24.6 Å². The van der Waals surface area contributed by atoms with Crippen LogP contribution in [0.5, 0.6) is 0 Å². The van der Waals surface area contributed by atoms with Gasteiger partial charge in [-0.3, -0.25) is 9.48 Å². The van der Waals surface area contributed by atoms with Crippen molar-refractivity contribution in [1.82, 2.24) is 14.7 Å². The summed E-state index contributed by atoms with van der Waals surface area (Å²) in [6.45, 7) is 3.05. The lowest BCUT2D eigenvalue weighted by atomic mass is 9.97. The van der Waals surface area contributed by atoms with Gasteiger partial charge in [-0.15, -0.1) is 0 Å². The van der Waals surface area contributed by atoms with Crippen LogP contribution in [0, 0.1) is 11.2 Å². The summed E-state index contributed by atoms with van der Waals surface area (Å²) in [6, 6.07) is 8.68. The molecule has 1 fully saturated rings. The number of amides is 1. The zero-order chi connectivity index (χ0) is 22.0. The number of aromatic nitrogens is 2. The lowest BCUT2D eigenvalue weighted by molar-refractivity contribution is -0.130. The van der Waals surface area contributed by atoms with Crippen molar-refractivity contribution >= 4 is 35.0 Å². The van der Waals surface area contributed by atoms with Crippen molar-refractivity contribution in [2.75, 3.05) is 25.0 Å². The summed E-state index contributed by atoms with van der Waals surface area (Å²) in [4.78, 5) is 24.2. The molecule has 0 atom stereocenters. The van der Waals surface area contributed by atoms with Crippen molar-refractivity contribution in [2.45, 2.75) is 25.8 Å². The monoisotopic (exact) mass is 421 g/mol. The molecule has 31 heavy (non-hydrogen) atoms. The van der Waals surface area contributed by atoms with E-state index >= 15 is 4.39 Å². The van der Waals surface area contributed by atoms with Crippen LogP contribution in [-0.2, 0) is 9.59 Å². The van der Waals surface area contributed by atoms with Gasteiger partial charge in [0.05, 0.1) is 24.3 Å². The third-order valence-corrected chi connectivity index (χ3v) is 5.86. The Bertz CT molecular complexity index is 1150. The maximum absolute atomic E-state index is 15.1. The lowest BCUT2D eigenvalue weighted by Crippen LogP contribution is -2.37. The first-order valence-electron chi connectivity index (χ1n) is 10.3. The van der Waals surface area contributed by atoms with Crippen LogP contribution in [0.2, 0.25) is 0 Å². The maximum Gasteiger partial charge on any atom is 0.219 e. The van der Waals surface area contributed by atoms with Crippen LogP contribution in [0.1, 0.15) is 31.4 Å². The van der Waals surface area contributed by atoms with Gasteiger partial charge in [-0.25, -0.2) is 4.39 Å². The Morgan fingerprint density at radius 2 is 2.06 bits per heavy atom. The minimum atomic E-state index is -0.394. The highest BCUT2D eigenvalue weighted by Crippen LogP contribution is 2.34. The van der Waals surface area contributed by atoms with E-state index in [-0.39, 0.29) is 18.5 Å². The van der Waals surface area contributed by atoms with E-state index in [2.05, 4.69) is 10.4 Å². The fourth-order valence-corrected chi connectivity index (χ4v) is 4.25. The smallest absolute Gasteiger partial charge is 0.219 e. The number of anilines is 1. The molecular weight excluding hydrogens is 397 g/mol. The number of fused-ring (bicyclic) bond motifs is 1. The molecule has 2 heterocycles. The zero-order valence-corrected chi connectivity index (χ0v) is 17.3. The molecule has 7 nitrogen and oxygen atoms in total. The van der Waals surface area contributed by atoms with Gasteiger partial charge < -0.3 is 20.4 Å². The molecule has 2 N–H and O–H groups in total. The van der Waals surface area contributed by atoms with Crippen LogP contribution in [0.4, 0.5) is 10.1 Å². The molecule has 4 rings (SSSR count). The van der Waals surface area contributed by atoms with Gasteiger partial charge in [-0.2, -0.15) is 5.10 Å². The van der Waals surface area contributed by atoms with Gasteiger partial charge in [-0.1, -0.05) is 12.1 Å². The van der Waals surface area contributed by atoms with Crippen LogP contribution in [0.25, 0.3) is 22.0 Å². The van der Waals surface area contributed by atoms with E-state index < -0.39 is 5.82 Å². The van der Waals surface area contributed by atoms with E-state index in [9.17, 15) is 9.59 Å². The molecule has 0 bridgehead atoms. The first-order chi connectivity index (χ1) is 15.0. The first kappa shape index (κ1) is 20.7. The Morgan fingerprint density at radius 1 is 1.29 bits per heavy atom. The first-order valence-corrected chi connectivity index (χ1v) is 10.3. The van der Waals surface area contributed by atoms with Crippen molar-refractivity contribution < 1.29 is 14.0 Å². The molecule has 160 valence electrons. The van der Waals surface area contributed by atoms with E-state index in [4.69, 9.17) is 5.41 Å². The molecule has 2 aromatic carbocycles. The summed E-state index contributed by atoms with van der Waals surface area (Å²) in [5, 5.41) is 16.0. The summed E-state index contributed by atoms with van der Waals surface area (Å²) in [5.74, 6) is -0.315. The van der Waals surface area contributed by atoms with Crippen molar-refractivity contribution in [1.29, 1.82) is 5.41 Å². The summed E-state index contributed by atoms with van der Waals surface area (Å²) >= 11 is 0. The standard InChI is InChI=1S/C23H24FN5O2/c1-15(31)28-8-5-17(6-9-28)29-23-12-19(21(24)11-16(23)14-27-29)18-3-2-4-22(20(18)13-25)26-7-10-30/h2-4,10-14,17,25-26H,5-9H2,1H3. The highest BCUT2D eigenvalue weighted by Gasteiger charge is 2.24. The van der Waals surface area contributed by atoms with E-state index in [0.29, 0.717) is 40.9 Å². The van der Waals surface area contributed by atoms with E-state index in [1.54, 1.807) is 37.4 Å². The number of halogens is 1. The van der Waals surface area contributed by atoms with Crippen LogP contribution < -0.4 is 5.32 Å². The Hall–Kier alpha value is -3.55. The van der Waals surface area contributed by atoms with Gasteiger partial charge in [0.25, 0.3) is 0 Å². The second-order valence-corrected chi connectivity index (χ2v) is 7.68. The number of piperidine rings is 1. The number of nitrogens with zero attached hydrogens (tertiary/aromatic N) is 3. The second-order valence-electron chi connectivity index (χ2n) is 7.68. The highest BCUT2D eigenvalue weighted by atomic mass is 19.1. The molecule has 1 amide bonds. The van der Waals surface area contributed by atoms with E-state index in [1.807, 2.05) is 9.58 Å². The van der Waals surface area contributed by atoms with Gasteiger partial charge >= 0.3 is 0 Å². The maximum atomic E-state index is 15.1. The fourth-order valence-electron chi connectivity index (χ4n) is 4.25. The average Bonchev–Trinajstić information content (AvgIpc) is 3.19. The van der Waals surface area contributed by atoms with Crippen LogP contribution >= 0.6 is 0 Å². The molecule has 8 heteroatoms. The minimum Gasteiger partial charge on any atom is -0.378 e. The molecular formula is C23H24FN5O2. The lowest BCUT2D eigenvalue weighted by Gasteiger charge is -2.31. The number of aldehydes is 1. The predicted molar refractivity (Wildman–Crippen MR) is 118 cm³/mol. The number of nitrogens with one attached hydrogen (secondary N) is 2. The number of benzene rings is 2. The zero-order valence-electron chi connectivity index (χ0n) is 17.3. The van der Waals surface area contributed by atoms with Crippen LogP contribution in [-0.4, -0.2) is 52.7 Å². The molecule has 1 saturated heterocycles. The topological polar surface area (TPSA) is 91.1 Å². The van der Waals surface area contributed by atoms with Crippen molar-refractivity contribution in [2.24, 2.45) is 0 Å². The predicted octanol–water partition coefficient (Wildman–Crippen LogP) is 3.63. The van der Waals surface area contributed by atoms with Crippen molar-refractivity contribution in [3.63, 3.8) is 0 Å². The van der Waals surface area contributed by atoms with Crippen LogP contribution in [0.15, 0.2) is 36.5 Å². The molecule has 0 unspecified atom stereocenters. The molecule has 3 aromatic rings. The summed E-state index contributed by atoms with van der Waals surface area (Å²) in [5.41, 5.74) is 2.89. The number of carbonyl (C=O) groups is 2.